The first-order chi connectivity index (χ1) is 5.07. The molecule has 0 heterocycles. The van der Waals surface area contributed by atoms with Gasteiger partial charge in [-0.05, 0) is 6.92 Å². The Morgan fingerprint density at radius 1 is 1.25 bits per heavy atom. The van der Waals surface area contributed by atoms with Gasteiger partial charge in [-0.25, -0.2) is 0 Å². The van der Waals surface area contributed by atoms with Crippen LogP contribution in [0, 0.1) is 0 Å². The summed E-state index contributed by atoms with van der Waals surface area (Å²) in [5.41, 5.74) is 0. The molecule has 0 aliphatic carbocycles. The zero-order valence-corrected chi connectivity index (χ0v) is 7.76. The normalized spacial score (nSPS) is 15.6. The third kappa shape index (κ3) is 2.89. The summed E-state index contributed by atoms with van der Waals surface area (Å²) in [5, 5.41) is -1.73. The highest BCUT2D eigenvalue weighted by Gasteiger charge is 2.28. The van der Waals surface area contributed by atoms with E-state index in [1.165, 1.54) is 0 Å². The Labute approximate surface area is 70.4 Å². The topological polar surface area (TPSA) is 109 Å². The van der Waals surface area contributed by atoms with Crippen molar-refractivity contribution >= 4 is 20.2 Å². The van der Waals surface area contributed by atoms with E-state index in [9.17, 15) is 16.8 Å². The molecule has 0 bridgehead atoms. The molecule has 0 aromatic heterocycles. The van der Waals surface area contributed by atoms with Crippen LogP contribution in [0.2, 0.25) is 0 Å². The van der Waals surface area contributed by atoms with Crippen molar-refractivity contribution in [1.82, 2.24) is 0 Å². The second-order valence-corrected chi connectivity index (χ2v) is 5.31. The molecule has 1 atom stereocenters. The Balaban J connectivity index is 5.04. The van der Waals surface area contributed by atoms with E-state index in [0.717, 1.165) is 6.92 Å². The Kier molecular flexibility index (Phi) is 3.02. The number of rotatable bonds is 3. The van der Waals surface area contributed by atoms with Crippen molar-refractivity contribution in [3.05, 3.63) is 11.5 Å². The van der Waals surface area contributed by atoms with Gasteiger partial charge >= 0.3 is 0 Å². The molecule has 12 heavy (non-hydrogen) atoms. The lowest BCUT2D eigenvalue weighted by atomic mass is 10.5. The largest absolute Gasteiger partial charge is 0.291 e. The third-order valence-electron chi connectivity index (χ3n) is 1.23. The minimum atomic E-state index is -4.62. The lowest BCUT2D eigenvalue weighted by molar-refractivity contribution is 0.469. The molecule has 1 unspecified atom stereocenters. The summed E-state index contributed by atoms with van der Waals surface area (Å²) < 4.78 is 57.9. The van der Waals surface area contributed by atoms with E-state index in [0.29, 0.717) is 0 Å². The quantitative estimate of drug-likeness (QED) is 0.625. The van der Waals surface area contributed by atoms with Gasteiger partial charge in [0.2, 0.25) is 0 Å². The molecular weight excluding hydrogens is 208 g/mol. The minimum absolute atomic E-state index is 0.894. The van der Waals surface area contributed by atoms with Crippen LogP contribution in [0.5, 0.6) is 0 Å². The van der Waals surface area contributed by atoms with Crippen LogP contribution < -0.4 is 0 Å². The summed E-state index contributed by atoms with van der Waals surface area (Å²) in [6.45, 7) is 3.71. The molecule has 0 radical (unpaired) electrons. The predicted octanol–water partition coefficient (Wildman–Crippen LogP) is -0.336. The van der Waals surface area contributed by atoms with E-state index in [1.807, 2.05) is 0 Å². The van der Waals surface area contributed by atoms with Gasteiger partial charge < -0.3 is 0 Å². The molecular formula is C4H8O6S2. The van der Waals surface area contributed by atoms with Crippen molar-refractivity contribution in [3.63, 3.8) is 0 Å². The first-order valence-corrected chi connectivity index (χ1v) is 5.63. The van der Waals surface area contributed by atoms with E-state index >= 15 is 0 Å². The van der Waals surface area contributed by atoms with Crippen LogP contribution >= 0.6 is 0 Å². The maximum Gasteiger partial charge on any atom is 0.291 e. The van der Waals surface area contributed by atoms with Crippen molar-refractivity contribution in [3.8, 4) is 0 Å². The molecule has 0 saturated carbocycles. The molecule has 0 aliphatic heterocycles. The molecule has 8 heteroatoms. The van der Waals surface area contributed by atoms with Crippen LogP contribution in [-0.4, -0.2) is 31.2 Å². The second-order valence-electron chi connectivity index (χ2n) is 2.10. The van der Waals surface area contributed by atoms with E-state index in [1.54, 1.807) is 0 Å². The summed E-state index contributed by atoms with van der Waals surface area (Å²) >= 11 is 0. The van der Waals surface area contributed by atoms with Crippen LogP contribution in [0.15, 0.2) is 11.5 Å². The lowest BCUT2D eigenvalue weighted by Crippen LogP contribution is -2.23. The fourth-order valence-electron chi connectivity index (χ4n) is 0.376. The Hall–Kier alpha value is -0.440. The van der Waals surface area contributed by atoms with Crippen LogP contribution in [-0.2, 0) is 20.2 Å². The molecule has 6 nitrogen and oxygen atoms in total. The van der Waals surface area contributed by atoms with Crippen molar-refractivity contribution in [2.45, 2.75) is 12.2 Å². The molecule has 2 N–H and O–H groups in total. The molecule has 0 amide bonds. The third-order valence-corrected chi connectivity index (χ3v) is 3.58. The summed E-state index contributed by atoms with van der Waals surface area (Å²) in [5.74, 6) is 0. The molecule has 0 aliphatic rings. The van der Waals surface area contributed by atoms with E-state index in [-0.39, 0.29) is 0 Å². The maximum atomic E-state index is 10.3. The van der Waals surface area contributed by atoms with Crippen LogP contribution in [0.3, 0.4) is 0 Å². The van der Waals surface area contributed by atoms with E-state index in [4.69, 9.17) is 9.11 Å². The summed E-state index contributed by atoms with van der Waals surface area (Å²) in [6.07, 6.45) is 0. The van der Waals surface area contributed by atoms with Crippen LogP contribution in [0.1, 0.15) is 6.92 Å². The van der Waals surface area contributed by atoms with Gasteiger partial charge in [0.05, 0.1) is 4.91 Å². The summed E-state index contributed by atoms with van der Waals surface area (Å²) in [4.78, 5) is -0.954. The van der Waals surface area contributed by atoms with Gasteiger partial charge in [0.1, 0.15) is 5.25 Å². The zero-order valence-electron chi connectivity index (χ0n) is 6.13. The van der Waals surface area contributed by atoms with Gasteiger partial charge in [-0.2, -0.15) is 16.8 Å². The average Bonchev–Trinajstić information content (AvgIpc) is 1.80. The van der Waals surface area contributed by atoms with Gasteiger partial charge in [0, 0.05) is 0 Å². The molecule has 0 saturated heterocycles. The molecule has 0 aromatic rings. The standard InChI is InChI=1S/C4H8O6S2/c1-3(11(5,6)7)4(2)12(8,9)10/h4H,1H2,2H3,(H,5,6,7)(H,8,9,10). The molecule has 0 spiro atoms. The summed E-state index contributed by atoms with van der Waals surface area (Å²) in [6, 6.07) is 0. The van der Waals surface area contributed by atoms with Gasteiger partial charge in [0.25, 0.3) is 20.2 Å². The van der Waals surface area contributed by atoms with Crippen LogP contribution in [0.4, 0.5) is 0 Å². The molecule has 0 fully saturated rings. The Bertz CT molecular complexity index is 374. The fourth-order valence-corrected chi connectivity index (χ4v) is 1.86. The van der Waals surface area contributed by atoms with Gasteiger partial charge in [-0.15, -0.1) is 0 Å². The number of hydrogen-bond donors (Lipinski definition) is 2. The fraction of sp³-hybridized carbons (Fsp3) is 0.500. The monoisotopic (exact) mass is 216 g/mol. The SMILES string of the molecule is C=C(C(C)S(=O)(=O)O)S(=O)(=O)O. The van der Waals surface area contributed by atoms with Crippen molar-refractivity contribution in [2.75, 3.05) is 0 Å². The van der Waals surface area contributed by atoms with Gasteiger partial charge in [-0.1, -0.05) is 6.58 Å². The maximum absolute atomic E-state index is 10.3. The smallest absolute Gasteiger partial charge is 0.285 e. The Morgan fingerprint density at radius 3 is 1.67 bits per heavy atom. The van der Waals surface area contributed by atoms with E-state index < -0.39 is 30.4 Å². The van der Waals surface area contributed by atoms with Gasteiger partial charge in [-0.3, -0.25) is 9.11 Å². The van der Waals surface area contributed by atoms with Crippen molar-refractivity contribution in [2.24, 2.45) is 0 Å². The molecule has 0 rings (SSSR count). The molecule has 72 valence electrons. The van der Waals surface area contributed by atoms with Crippen LogP contribution in [0.25, 0.3) is 0 Å². The van der Waals surface area contributed by atoms with Gasteiger partial charge in [0.15, 0.2) is 0 Å². The second kappa shape index (κ2) is 3.13. The van der Waals surface area contributed by atoms with E-state index in [2.05, 4.69) is 6.58 Å². The highest BCUT2D eigenvalue weighted by molar-refractivity contribution is 7.93. The lowest BCUT2D eigenvalue weighted by Gasteiger charge is -2.07. The first-order valence-electron chi connectivity index (χ1n) is 2.69. The number of hydrogen-bond acceptors (Lipinski definition) is 4. The summed E-state index contributed by atoms with van der Waals surface area (Å²) in [7, 11) is -9.14. The van der Waals surface area contributed by atoms with Crippen molar-refractivity contribution < 1.29 is 25.9 Å². The highest BCUT2D eigenvalue weighted by Crippen LogP contribution is 2.13. The highest BCUT2D eigenvalue weighted by atomic mass is 32.2. The van der Waals surface area contributed by atoms with Crippen molar-refractivity contribution in [1.29, 1.82) is 0 Å². The Morgan fingerprint density at radius 2 is 1.58 bits per heavy atom. The zero-order chi connectivity index (χ0) is 10.2. The average molecular weight is 216 g/mol. The molecule has 0 aromatic carbocycles. The minimum Gasteiger partial charge on any atom is -0.285 e. The first kappa shape index (κ1) is 11.6. The predicted molar refractivity (Wildman–Crippen MR) is 41.7 cm³/mol.